The van der Waals surface area contributed by atoms with E-state index in [1.165, 1.54) is 0 Å². The average Bonchev–Trinajstić information content (AvgIpc) is 2.56. The van der Waals surface area contributed by atoms with Crippen molar-refractivity contribution in [1.29, 1.82) is 0 Å². The Kier molecular flexibility index (Phi) is 4.49. The molecule has 114 valence electrons. The second-order valence-corrected chi connectivity index (χ2v) is 5.74. The van der Waals surface area contributed by atoms with Gasteiger partial charge in [0.2, 0.25) is 0 Å². The summed E-state index contributed by atoms with van der Waals surface area (Å²) in [7, 11) is 0. The molecule has 0 saturated carbocycles. The quantitative estimate of drug-likeness (QED) is 0.663. The maximum atomic E-state index is 12.5. The maximum Gasteiger partial charge on any atom is 0.168 e. The number of hydrogen-bond donors (Lipinski definition) is 0. The molecule has 23 heavy (non-hydrogen) atoms. The first-order valence-corrected chi connectivity index (χ1v) is 7.67. The molecule has 0 aliphatic heterocycles. The van der Waals surface area contributed by atoms with Crippen LogP contribution in [0.5, 0.6) is 0 Å². The van der Waals surface area contributed by atoms with Crippen molar-refractivity contribution in [2.45, 2.75) is 13.3 Å². The highest BCUT2D eigenvalue weighted by atomic mass is 35.5. The topological polar surface area (TPSA) is 42.9 Å². The fourth-order valence-electron chi connectivity index (χ4n) is 2.35. The first kappa shape index (κ1) is 15.4. The van der Waals surface area contributed by atoms with Crippen LogP contribution in [0, 0.1) is 6.92 Å². The summed E-state index contributed by atoms with van der Waals surface area (Å²) in [6.45, 7) is 1.92. The summed E-state index contributed by atoms with van der Waals surface area (Å²) < 4.78 is 0. The van der Waals surface area contributed by atoms with E-state index in [-0.39, 0.29) is 12.2 Å². The summed E-state index contributed by atoms with van der Waals surface area (Å²) >= 11 is 5.90. The Morgan fingerprint density at radius 1 is 1.09 bits per heavy atom. The second kappa shape index (κ2) is 6.71. The van der Waals surface area contributed by atoms with Gasteiger partial charge in [-0.05, 0) is 43.3 Å². The molecule has 0 unspecified atom stereocenters. The number of halogens is 1. The van der Waals surface area contributed by atoms with Crippen molar-refractivity contribution in [3.8, 4) is 11.3 Å². The van der Waals surface area contributed by atoms with E-state index < -0.39 is 0 Å². The zero-order valence-corrected chi connectivity index (χ0v) is 13.4. The van der Waals surface area contributed by atoms with Gasteiger partial charge >= 0.3 is 0 Å². The molecule has 3 rings (SSSR count). The van der Waals surface area contributed by atoms with Crippen LogP contribution in [-0.2, 0) is 6.42 Å². The van der Waals surface area contributed by atoms with Crippen LogP contribution in [0.3, 0.4) is 0 Å². The summed E-state index contributed by atoms with van der Waals surface area (Å²) in [6.07, 6.45) is 1.94. The summed E-state index contributed by atoms with van der Waals surface area (Å²) in [6, 6.07) is 16.6. The molecule has 0 radical (unpaired) electrons. The number of aryl methyl sites for hydroxylation is 1. The third kappa shape index (κ3) is 3.82. The number of nitrogens with zero attached hydrogens (tertiary/aromatic N) is 2. The second-order valence-electron chi connectivity index (χ2n) is 5.31. The van der Waals surface area contributed by atoms with Gasteiger partial charge in [0.25, 0.3) is 0 Å². The van der Waals surface area contributed by atoms with E-state index in [2.05, 4.69) is 9.97 Å². The highest BCUT2D eigenvalue weighted by Gasteiger charge is 2.10. The highest BCUT2D eigenvalue weighted by molar-refractivity contribution is 6.30. The smallest absolute Gasteiger partial charge is 0.168 e. The molecule has 0 atom stereocenters. The summed E-state index contributed by atoms with van der Waals surface area (Å²) in [4.78, 5) is 21.2. The zero-order valence-electron chi connectivity index (χ0n) is 12.7. The van der Waals surface area contributed by atoms with Crippen molar-refractivity contribution >= 4 is 17.4 Å². The SMILES string of the molecule is Cc1cccc(CC(=O)c2ccnc(-c3ccc(Cl)cc3)c2)n1. The number of benzene rings is 1. The minimum absolute atomic E-state index is 0.0284. The summed E-state index contributed by atoms with van der Waals surface area (Å²) in [5.41, 5.74) is 4.00. The molecule has 1 aromatic carbocycles. The van der Waals surface area contributed by atoms with Crippen molar-refractivity contribution < 1.29 is 4.79 Å². The molecular weight excluding hydrogens is 308 g/mol. The van der Waals surface area contributed by atoms with Crippen LogP contribution in [0.15, 0.2) is 60.8 Å². The maximum absolute atomic E-state index is 12.5. The molecular formula is C19H15ClN2O. The van der Waals surface area contributed by atoms with E-state index in [1.54, 1.807) is 18.3 Å². The van der Waals surface area contributed by atoms with Gasteiger partial charge in [0, 0.05) is 33.7 Å². The Morgan fingerprint density at radius 2 is 1.87 bits per heavy atom. The number of hydrogen-bond acceptors (Lipinski definition) is 3. The van der Waals surface area contributed by atoms with Crippen LogP contribution in [0.2, 0.25) is 5.02 Å². The predicted octanol–water partition coefficient (Wildman–Crippen LogP) is 4.53. The first-order chi connectivity index (χ1) is 11.1. The number of Topliss-reactive ketones (excluding diaryl/α,β-unsaturated/α-hetero) is 1. The van der Waals surface area contributed by atoms with Crippen LogP contribution in [-0.4, -0.2) is 15.8 Å². The van der Waals surface area contributed by atoms with E-state index in [0.717, 1.165) is 22.6 Å². The van der Waals surface area contributed by atoms with Crippen LogP contribution in [0.4, 0.5) is 0 Å². The van der Waals surface area contributed by atoms with Gasteiger partial charge < -0.3 is 0 Å². The van der Waals surface area contributed by atoms with Crippen molar-refractivity contribution in [3.63, 3.8) is 0 Å². The summed E-state index contributed by atoms with van der Waals surface area (Å²) in [5, 5.41) is 0.673. The molecule has 0 fully saturated rings. The van der Waals surface area contributed by atoms with Crippen LogP contribution >= 0.6 is 11.6 Å². The van der Waals surface area contributed by atoms with Crippen LogP contribution < -0.4 is 0 Å². The van der Waals surface area contributed by atoms with Crippen LogP contribution in [0.25, 0.3) is 11.3 Å². The van der Waals surface area contributed by atoms with E-state index in [0.29, 0.717) is 10.6 Å². The van der Waals surface area contributed by atoms with Crippen LogP contribution in [0.1, 0.15) is 21.7 Å². The van der Waals surface area contributed by atoms with Gasteiger partial charge in [0.15, 0.2) is 5.78 Å². The van der Waals surface area contributed by atoms with E-state index in [4.69, 9.17) is 11.6 Å². The van der Waals surface area contributed by atoms with Gasteiger partial charge in [-0.1, -0.05) is 29.8 Å². The van der Waals surface area contributed by atoms with Gasteiger partial charge in [0.1, 0.15) is 0 Å². The molecule has 2 aromatic heterocycles. The summed E-state index contributed by atoms with van der Waals surface area (Å²) in [5.74, 6) is 0.0284. The van der Waals surface area contributed by atoms with Crippen molar-refractivity contribution in [1.82, 2.24) is 9.97 Å². The Hall–Kier alpha value is -2.52. The van der Waals surface area contributed by atoms with E-state index in [9.17, 15) is 4.79 Å². The zero-order chi connectivity index (χ0) is 16.2. The molecule has 0 bridgehead atoms. The van der Waals surface area contributed by atoms with Gasteiger partial charge in [-0.3, -0.25) is 14.8 Å². The van der Waals surface area contributed by atoms with E-state index >= 15 is 0 Å². The lowest BCUT2D eigenvalue weighted by Gasteiger charge is -2.05. The van der Waals surface area contributed by atoms with Crippen molar-refractivity contribution in [2.75, 3.05) is 0 Å². The lowest BCUT2D eigenvalue weighted by Crippen LogP contribution is -2.06. The Balaban J connectivity index is 1.84. The fourth-order valence-corrected chi connectivity index (χ4v) is 2.47. The largest absolute Gasteiger partial charge is 0.294 e. The average molecular weight is 323 g/mol. The molecule has 0 N–H and O–H groups in total. The van der Waals surface area contributed by atoms with Gasteiger partial charge in [-0.15, -0.1) is 0 Å². The Morgan fingerprint density at radius 3 is 2.61 bits per heavy atom. The number of rotatable bonds is 4. The Labute approximate surface area is 140 Å². The standard InChI is InChI=1S/C19H15ClN2O/c1-13-3-2-4-17(22-13)12-19(23)15-9-10-21-18(11-15)14-5-7-16(20)8-6-14/h2-11H,12H2,1H3. The molecule has 0 spiro atoms. The molecule has 4 heteroatoms. The minimum atomic E-state index is 0.0284. The molecule has 0 saturated heterocycles. The first-order valence-electron chi connectivity index (χ1n) is 7.29. The number of carbonyl (C=O) groups is 1. The molecule has 3 nitrogen and oxygen atoms in total. The van der Waals surface area contributed by atoms with Gasteiger partial charge in [-0.25, -0.2) is 0 Å². The highest BCUT2D eigenvalue weighted by Crippen LogP contribution is 2.21. The minimum Gasteiger partial charge on any atom is -0.294 e. The van der Waals surface area contributed by atoms with Gasteiger partial charge in [0.05, 0.1) is 12.1 Å². The van der Waals surface area contributed by atoms with Crippen molar-refractivity contribution in [3.05, 3.63) is 82.8 Å². The molecule has 0 aliphatic rings. The lowest BCUT2D eigenvalue weighted by molar-refractivity contribution is 0.0992. The third-order valence-electron chi connectivity index (χ3n) is 3.51. The molecule has 0 aliphatic carbocycles. The predicted molar refractivity (Wildman–Crippen MR) is 91.7 cm³/mol. The molecule has 3 aromatic rings. The van der Waals surface area contributed by atoms with E-state index in [1.807, 2.05) is 49.4 Å². The normalized spacial score (nSPS) is 10.5. The Bertz CT molecular complexity index is 844. The lowest BCUT2D eigenvalue weighted by atomic mass is 10.0. The third-order valence-corrected chi connectivity index (χ3v) is 3.76. The number of aromatic nitrogens is 2. The fraction of sp³-hybridized carbons (Fsp3) is 0.105. The van der Waals surface area contributed by atoms with Crippen molar-refractivity contribution in [2.24, 2.45) is 0 Å². The number of pyridine rings is 2. The molecule has 0 amide bonds. The van der Waals surface area contributed by atoms with Gasteiger partial charge in [-0.2, -0.15) is 0 Å². The monoisotopic (exact) mass is 322 g/mol. The number of carbonyl (C=O) groups excluding carboxylic acids is 1. The molecule has 2 heterocycles. The number of ketones is 1.